The van der Waals surface area contributed by atoms with Crippen molar-refractivity contribution in [2.45, 2.75) is 4.90 Å². The zero-order valence-electron chi connectivity index (χ0n) is 14.1. The Morgan fingerprint density at radius 1 is 1.16 bits per heavy atom. The average Bonchev–Trinajstić information content (AvgIpc) is 2.62. The topological polar surface area (TPSA) is 88.1 Å². The number of nitrogens with zero attached hydrogens (tertiary/aromatic N) is 2. The molecule has 0 atom stereocenters. The van der Waals surface area contributed by atoms with Gasteiger partial charge >= 0.3 is 0 Å². The lowest BCUT2D eigenvalue weighted by Gasteiger charge is -2.11. The first-order valence-electron chi connectivity index (χ1n) is 7.34. The summed E-state index contributed by atoms with van der Waals surface area (Å²) in [6.45, 7) is 0. The molecule has 2 aromatic carbocycles. The summed E-state index contributed by atoms with van der Waals surface area (Å²) in [5.74, 6) is 0.223. The fourth-order valence-electron chi connectivity index (χ4n) is 1.93. The summed E-state index contributed by atoms with van der Waals surface area (Å²) in [5, 5.41) is 3.88. The van der Waals surface area contributed by atoms with Crippen LogP contribution in [-0.2, 0) is 10.0 Å². The lowest BCUT2D eigenvalue weighted by atomic mass is 10.2. The van der Waals surface area contributed by atoms with Crippen molar-refractivity contribution in [2.75, 3.05) is 21.2 Å². The zero-order valence-corrected chi connectivity index (χ0v) is 14.9. The number of ether oxygens (including phenoxy) is 1. The Labute approximate surface area is 147 Å². The second-order valence-electron chi connectivity index (χ2n) is 5.29. The summed E-state index contributed by atoms with van der Waals surface area (Å²) in [4.78, 5) is 12.2. The van der Waals surface area contributed by atoms with Gasteiger partial charge in [-0.2, -0.15) is 5.10 Å². The van der Waals surface area contributed by atoms with Crippen LogP contribution in [0.1, 0.15) is 15.9 Å². The maximum absolute atomic E-state index is 12.1. The number of methoxy groups -OCH3 is 1. The molecule has 0 aliphatic carbocycles. The molecule has 2 aromatic rings. The van der Waals surface area contributed by atoms with Gasteiger partial charge in [-0.05, 0) is 48.0 Å². The highest BCUT2D eigenvalue weighted by molar-refractivity contribution is 7.89. The van der Waals surface area contributed by atoms with E-state index in [9.17, 15) is 13.2 Å². The van der Waals surface area contributed by atoms with Crippen LogP contribution in [0, 0.1) is 0 Å². The Morgan fingerprint density at radius 2 is 1.84 bits per heavy atom. The molecule has 0 spiro atoms. The molecule has 7 nitrogen and oxygen atoms in total. The number of hydrazone groups is 1. The highest BCUT2D eigenvalue weighted by Crippen LogP contribution is 2.15. The number of hydrogen-bond acceptors (Lipinski definition) is 5. The van der Waals surface area contributed by atoms with Crippen LogP contribution in [0.3, 0.4) is 0 Å². The van der Waals surface area contributed by atoms with Crippen molar-refractivity contribution in [3.63, 3.8) is 0 Å². The van der Waals surface area contributed by atoms with Gasteiger partial charge in [-0.15, -0.1) is 0 Å². The molecule has 0 fully saturated rings. The van der Waals surface area contributed by atoms with Gasteiger partial charge < -0.3 is 4.74 Å². The molecule has 0 radical (unpaired) electrons. The SMILES string of the molecule is COc1ccc(/C=N\NC(=O)c2cccc(S(=O)(=O)N(C)C)c2)cc1. The van der Waals surface area contributed by atoms with Crippen molar-refractivity contribution in [1.29, 1.82) is 0 Å². The minimum absolute atomic E-state index is 0.0456. The predicted molar refractivity (Wildman–Crippen MR) is 95.4 cm³/mol. The molecule has 0 heterocycles. The third-order valence-electron chi connectivity index (χ3n) is 3.37. The van der Waals surface area contributed by atoms with E-state index in [0.717, 1.165) is 15.6 Å². The second kappa shape index (κ2) is 7.91. The van der Waals surface area contributed by atoms with Gasteiger partial charge in [-0.25, -0.2) is 18.1 Å². The van der Waals surface area contributed by atoms with Gasteiger partial charge in [0.2, 0.25) is 10.0 Å². The first kappa shape index (κ1) is 18.6. The third-order valence-corrected chi connectivity index (χ3v) is 5.18. The molecule has 1 N–H and O–H groups in total. The molecule has 0 aromatic heterocycles. The fraction of sp³-hybridized carbons (Fsp3) is 0.176. The zero-order chi connectivity index (χ0) is 18.4. The molecular formula is C17H19N3O4S. The molecule has 132 valence electrons. The number of nitrogens with one attached hydrogen (secondary N) is 1. The van der Waals surface area contributed by atoms with Gasteiger partial charge in [0.15, 0.2) is 0 Å². The number of hydrogen-bond donors (Lipinski definition) is 1. The molecule has 0 unspecified atom stereocenters. The van der Waals surface area contributed by atoms with E-state index in [-0.39, 0.29) is 10.5 Å². The first-order chi connectivity index (χ1) is 11.8. The van der Waals surface area contributed by atoms with Crippen molar-refractivity contribution < 1.29 is 17.9 Å². The van der Waals surface area contributed by atoms with Crippen LogP contribution in [0.2, 0.25) is 0 Å². The molecular weight excluding hydrogens is 342 g/mol. The van der Waals surface area contributed by atoms with Gasteiger partial charge in [0.1, 0.15) is 5.75 Å². The van der Waals surface area contributed by atoms with Crippen molar-refractivity contribution in [3.8, 4) is 5.75 Å². The van der Waals surface area contributed by atoms with Crippen LogP contribution in [0.25, 0.3) is 0 Å². The van der Waals surface area contributed by atoms with Gasteiger partial charge in [0.25, 0.3) is 5.91 Å². The van der Waals surface area contributed by atoms with E-state index in [1.807, 2.05) is 0 Å². The summed E-state index contributed by atoms with van der Waals surface area (Å²) >= 11 is 0. The number of sulfonamides is 1. The predicted octanol–water partition coefficient (Wildman–Crippen LogP) is 1.71. The molecule has 1 amide bonds. The Morgan fingerprint density at radius 3 is 2.44 bits per heavy atom. The number of amides is 1. The Kier molecular flexibility index (Phi) is 5.89. The number of benzene rings is 2. The van der Waals surface area contributed by atoms with Gasteiger partial charge in [-0.1, -0.05) is 6.07 Å². The molecule has 0 aliphatic rings. The van der Waals surface area contributed by atoms with Crippen LogP contribution >= 0.6 is 0 Å². The van der Waals surface area contributed by atoms with E-state index in [1.54, 1.807) is 31.4 Å². The summed E-state index contributed by atoms with van der Waals surface area (Å²) < 4.78 is 30.4. The van der Waals surface area contributed by atoms with Crippen molar-refractivity contribution >= 4 is 22.1 Å². The summed E-state index contributed by atoms with van der Waals surface area (Å²) in [7, 11) is 0.841. The van der Waals surface area contributed by atoms with E-state index in [4.69, 9.17) is 4.74 Å². The Hall–Kier alpha value is -2.71. The number of rotatable bonds is 6. The summed E-state index contributed by atoms with van der Waals surface area (Å²) in [6.07, 6.45) is 1.48. The van der Waals surface area contributed by atoms with Gasteiger partial charge in [0.05, 0.1) is 18.2 Å². The first-order valence-corrected chi connectivity index (χ1v) is 8.78. The quantitative estimate of drug-likeness (QED) is 0.627. The van der Waals surface area contributed by atoms with Crippen molar-refractivity contribution in [3.05, 3.63) is 59.7 Å². The van der Waals surface area contributed by atoms with Crippen LogP contribution in [-0.4, -0.2) is 46.0 Å². The maximum atomic E-state index is 12.1. The Bertz CT molecular complexity index is 875. The monoisotopic (exact) mass is 361 g/mol. The lowest BCUT2D eigenvalue weighted by Crippen LogP contribution is -2.23. The minimum Gasteiger partial charge on any atom is -0.497 e. The van der Waals surface area contributed by atoms with E-state index in [0.29, 0.717) is 0 Å². The largest absolute Gasteiger partial charge is 0.497 e. The third kappa shape index (κ3) is 4.65. The molecule has 8 heteroatoms. The van der Waals surface area contributed by atoms with E-state index >= 15 is 0 Å². The molecule has 0 bridgehead atoms. The highest BCUT2D eigenvalue weighted by atomic mass is 32.2. The highest BCUT2D eigenvalue weighted by Gasteiger charge is 2.18. The molecule has 0 saturated carbocycles. The molecule has 25 heavy (non-hydrogen) atoms. The van der Waals surface area contributed by atoms with Crippen LogP contribution in [0.5, 0.6) is 5.75 Å². The summed E-state index contributed by atoms with van der Waals surface area (Å²) in [6, 6.07) is 12.9. The van der Waals surface area contributed by atoms with E-state index < -0.39 is 15.9 Å². The smallest absolute Gasteiger partial charge is 0.271 e. The van der Waals surface area contributed by atoms with Crippen molar-refractivity contribution in [1.82, 2.24) is 9.73 Å². The van der Waals surface area contributed by atoms with E-state index in [1.165, 1.54) is 44.6 Å². The van der Waals surface area contributed by atoms with Crippen molar-refractivity contribution in [2.24, 2.45) is 5.10 Å². The second-order valence-corrected chi connectivity index (χ2v) is 7.44. The number of carbonyl (C=O) groups is 1. The van der Waals surface area contributed by atoms with Crippen LogP contribution in [0.4, 0.5) is 0 Å². The summed E-state index contributed by atoms with van der Waals surface area (Å²) in [5.41, 5.74) is 3.36. The Balaban J connectivity index is 2.09. The standard InChI is InChI=1S/C17H19N3O4S/c1-20(2)25(22,23)16-6-4-5-14(11-16)17(21)19-18-12-13-7-9-15(24-3)10-8-13/h4-12H,1-3H3,(H,19,21)/b18-12-. The van der Waals surface area contributed by atoms with Crippen LogP contribution < -0.4 is 10.2 Å². The lowest BCUT2D eigenvalue weighted by molar-refractivity contribution is 0.0955. The molecule has 0 aliphatic heterocycles. The maximum Gasteiger partial charge on any atom is 0.271 e. The average molecular weight is 361 g/mol. The molecule has 0 saturated heterocycles. The molecule has 2 rings (SSSR count). The van der Waals surface area contributed by atoms with E-state index in [2.05, 4.69) is 10.5 Å². The van der Waals surface area contributed by atoms with Gasteiger partial charge in [0, 0.05) is 19.7 Å². The normalized spacial score (nSPS) is 11.7. The number of carbonyl (C=O) groups excluding carboxylic acids is 1. The minimum atomic E-state index is -3.60. The fourth-order valence-corrected chi connectivity index (χ4v) is 2.88. The van der Waals surface area contributed by atoms with Crippen LogP contribution in [0.15, 0.2) is 58.5 Å². The van der Waals surface area contributed by atoms with Gasteiger partial charge in [-0.3, -0.25) is 4.79 Å².